The summed E-state index contributed by atoms with van der Waals surface area (Å²) in [6.45, 7) is 13.0. The molecule has 1 aliphatic heterocycles. The molecule has 0 aromatic heterocycles. The first-order chi connectivity index (χ1) is 7.94. The van der Waals surface area contributed by atoms with Crippen molar-refractivity contribution in [3.63, 3.8) is 0 Å². The number of rotatable bonds is 6. The standard InChI is InChI=1S/C15H32N2/c1-5-6-7-9-15(3,4)12-17-10-8-14(16)13(2)11-17/h13-14H,5-12,16H2,1-4H3. The van der Waals surface area contributed by atoms with E-state index in [1.807, 2.05) is 0 Å². The molecule has 0 radical (unpaired) electrons. The van der Waals surface area contributed by atoms with Gasteiger partial charge in [-0.05, 0) is 30.7 Å². The molecule has 1 aliphatic rings. The Bertz CT molecular complexity index is 213. The van der Waals surface area contributed by atoms with Gasteiger partial charge >= 0.3 is 0 Å². The molecule has 2 unspecified atom stereocenters. The van der Waals surface area contributed by atoms with Crippen molar-refractivity contribution in [3.05, 3.63) is 0 Å². The number of nitrogens with two attached hydrogens (primary N) is 1. The third-order valence-corrected chi connectivity index (χ3v) is 4.16. The molecule has 2 atom stereocenters. The van der Waals surface area contributed by atoms with Gasteiger partial charge in [0.1, 0.15) is 0 Å². The summed E-state index contributed by atoms with van der Waals surface area (Å²) in [7, 11) is 0. The Morgan fingerprint density at radius 2 is 2.00 bits per heavy atom. The number of likely N-dealkylation sites (tertiary alicyclic amines) is 1. The molecule has 0 spiro atoms. The summed E-state index contributed by atoms with van der Waals surface area (Å²) in [6, 6.07) is 0.425. The monoisotopic (exact) mass is 240 g/mol. The van der Waals surface area contributed by atoms with E-state index in [2.05, 4.69) is 32.6 Å². The molecule has 0 aromatic carbocycles. The summed E-state index contributed by atoms with van der Waals surface area (Å²) >= 11 is 0. The van der Waals surface area contributed by atoms with Crippen molar-refractivity contribution in [1.29, 1.82) is 0 Å². The van der Waals surface area contributed by atoms with Crippen molar-refractivity contribution in [3.8, 4) is 0 Å². The Hall–Kier alpha value is -0.0800. The molecular weight excluding hydrogens is 208 g/mol. The van der Waals surface area contributed by atoms with Gasteiger partial charge in [-0.15, -0.1) is 0 Å². The van der Waals surface area contributed by atoms with Gasteiger partial charge in [0, 0.05) is 19.1 Å². The van der Waals surface area contributed by atoms with E-state index >= 15 is 0 Å². The lowest BCUT2D eigenvalue weighted by atomic mass is 9.85. The number of hydrogen-bond acceptors (Lipinski definition) is 2. The maximum absolute atomic E-state index is 6.08. The van der Waals surface area contributed by atoms with Gasteiger partial charge in [0.15, 0.2) is 0 Å². The Labute approximate surface area is 108 Å². The molecule has 1 saturated heterocycles. The van der Waals surface area contributed by atoms with Gasteiger partial charge in [-0.1, -0.05) is 47.0 Å². The minimum atomic E-state index is 0.425. The molecule has 0 aliphatic carbocycles. The molecule has 17 heavy (non-hydrogen) atoms. The van der Waals surface area contributed by atoms with E-state index in [0.717, 1.165) is 0 Å². The third kappa shape index (κ3) is 5.39. The highest BCUT2D eigenvalue weighted by Crippen LogP contribution is 2.27. The molecular formula is C15H32N2. The van der Waals surface area contributed by atoms with Crippen molar-refractivity contribution in [2.24, 2.45) is 17.1 Å². The molecule has 0 saturated carbocycles. The number of unbranched alkanes of at least 4 members (excludes halogenated alkanes) is 2. The van der Waals surface area contributed by atoms with Crippen molar-refractivity contribution >= 4 is 0 Å². The number of nitrogens with zero attached hydrogens (tertiary/aromatic N) is 1. The molecule has 102 valence electrons. The molecule has 0 bridgehead atoms. The van der Waals surface area contributed by atoms with E-state index in [4.69, 9.17) is 5.73 Å². The van der Waals surface area contributed by atoms with Gasteiger partial charge in [0.05, 0.1) is 0 Å². The summed E-state index contributed by atoms with van der Waals surface area (Å²) in [5.41, 5.74) is 6.54. The van der Waals surface area contributed by atoms with Crippen LogP contribution in [0.2, 0.25) is 0 Å². The highest BCUT2D eigenvalue weighted by atomic mass is 15.1. The Morgan fingerprint density at radius 3 is 2.59 bits per heavy atom. The maximum atomic E-state index is 6.08. The predicted octanol–water partition coefficient (Wildman–Crippen LogP) is 3.26. The summed E-state index contributed by atoms with van der Waals surface area (Å²) in [6.07, 6.45) is 6.62. The van der Waals surface area contributed by atoms with Gasteiger partial charge in [-0.25, -0.2) is 0 Å². The topological polar surface area (TPSA) is 29.3 Å². The SMILES string of the molecule is CCCCCC(C)(C)CN1CCC(N)C(C)C1. The van der Waals surface area contributed by atoms with Crippen molar-refractivity contribution in [2.75, 3.05) is 19.6 Å². The van der Waals surface area contributed by atoms with E-state index in [-0.39, 0.29) is 0 Å². The molecule has 2 heteroatoms. The highest BCUT2D eigenvalue weighted by molar-refractivity contribution is 4.83. The summed E-state index contributed by atoms with van der Waals surface area (Å²) < 4.78 is 0. The molecule has 1 rings (SSSR count). The first-order valence-corrected chi connectivity index (χ1v) is 7.42. The average Bonchev–Trinajstić information content (AvgIpc) is 2.23. The van der Waals surface area contributed by atoms with Gasteiger partial charge in [-0.3, -0.25) is 0 Å². The third-order valence-electron chi connectivity index (χ3n) is 4.16. The summed E-state index contributed by atoms with van der Waals surface area (Å²) in [5.74, 6) is 0.662. The second-order valence-electron chi connectivity index (χ2n) is 6.79. The molecule has 0 aromatic rings. The smallest absolute Gasteiger partial charge is 0.00889 e. The fourth-order valence-corrected chi connectivity index (χ4v) is 2.93. The van der Waals surface area contributed by atoms with Crippen LogP contribution in [0.25, 0.3) is 0 Å². The molecule has 2 nitrogen and oxygen atoms in total. The zero-order chi connectivity index (χ0) is 12.9. The Balaban J connectivity index is 2.31. The van der Waals surface area contributed by atoms with Crippen LogP contribution in [0.1, 0.15) is 59.8 Å². The minimum Gasteiger partial charge on any atom is -0.327 e. The van der Waals surface area contributed by atoms with Crippen LogP contribution in [0.5, 0.6) is 0 Å². The fourth-order valence-electron chi connectivity index (χ4n) is 2.93. The van der Waals surface area contributed by atoms with Gasteiger partial charge in [0.25, 0.3) is 0 Å². The van der Waals surface area contributed by atoms with Gasteiger partial charge in [0.2, 0.25) is 0 Å². The maximum Gasteiger partial charge on any atom is 0.00889 e. The van der Waals surface area contributed by atoms with E-state index in [1.165, 1.54) is 51.7 Å². The van der Waals surface area contributed by atoms with Crippen molar-refractivity contribution in [2.45, 2.75) is 65.8 Å². The highest BCUT2D eigenvalue weighted by Gasteiger charge is 2.27. The van der Waals surface area contributed by atoms with Crippen LogP contribution in [0.3, 0.4) is 0 Å². The molecule has 1 fully saturated rings. The van der Waals surface area contributed by atoms with Gasteiger partial charge < -0.3 is 10.6 Å². The average molecular weight is 240 g/mol. The van der Waals surface area contributed by atoms with Crippen molar-refractivity contribution < 1.29 is 0 Å². The van der Waals surface area contributed by atoms with E-state index in [9.17, 15) is 0 Å². The van der Waals surface area contributed by atoms with E-state index in [1.54, 1.807) is 0 Å². The second kappa shape index (κ2) is 6.75. The Kier molecular flexibility index (Phi) is 5.94. The largest absolute Gasteiger partial charge is 0.327 e. The first-order valence-electron chi connectivity index (χ1n) is 7.42. The lowest BCUT2D eigenvalue weighted by Gasteiger charge is -2.39. The van der Waals surface area contributed by atoms with E-state index in [0.29, 0.717) is 17.4 Å². The lowest BCUT2D eigenvalue weighted by molar-refractivity contribution is 0.108. The van der Waals surface area contributed by atoms with Crippen LogP contribution < -0.4 is 5.73 Å². The summed E-state index contributed by atoms with van der Waals surface area (Å²) in [5, 5.41) is 0. The van der Waals surface area contributed by atoms with Crippen LogP contribution in [0.4, 0.5) is 0 Å². The molecule has 1 heterocycles. The quantitative estimate of drug-likeness (QED) is 0.722. The molecule has 2 N–H and O–H groups in total. The number of hydrogen-bond donors (Lipinski definition) is 1. The second-order valence-corrected chi connectivity index (χ2v) is 6.79. The Morgan fingerprint density at radius 1 is 1.29 bits per heavy atom. The number of piperidine rings is 1. The van der Waals surface area contributed by atoms with Crippen molar-refractivity contribution in [1.82, 2.24) is 4.90 Å². The van der Waals surface area contributed by atoms with Crippen LogP contribution >= 0.6 is 0 Å². The van der Waals surface area contributed by atoms with Crippen LogP contribution in [-0.2, 0) is 0 Å². The fraction of sp³-hybridized carbons (Fsp3) is 1.00. The molecule has 0 amide bonds. The normalized spacial score (nSPS) is 27.4. The van der Waals surface area contributed by atoms with Crippen LogP contribution in [0.15, 0.2) is 0 Å². The van der Waals surface area contributed by atoms with Crippen LogP contribution in [0, 0.1) is 11.3 Å². The van der Waals surface area contributed by atoms with Crippen LogP contribution in [-0.4, -0.2) is 30.6 Å². The predicted molar refractivity (Wildman–Crippen MR) is 76.1 cm³/mol. The van der Waals surface area contributed by atoms with Gasteiger partial charge in [-0.2, -0.15) is 0 Å². The van der Waals surface area contributed by atoms with E-state index < -0.39 is 0 Å². The minimum absolute atomic E-state index is 0.425. The first kappa shape index (κ1) is 15.0. The lowest BCUT2D eigenvalue weighted by Crippen LogP contribution is -2.48. The zero-order valence-electron chi connectivity index (χ0n) is 12.3. The summed E-state index contributed by atoms with van der Waals surface area (Å²) in [4.78, 5) is 2.62. The zero-order valence-corrected chi connectivity index (χ0v) is 12.3.